The normalized spacial score (nSPS) is 10.6. The molecule has 0 spiro atoms. The van der Waals surface area contributed by atoms with Crippen molar-refractivity contribution in [2.75, 3.05) is 0 Å². The molecule has 0 aliphatic rings. The van der Waals surface area contributed by atoms with E-state index in [1.54, 1.807) is 24.5 Å². The fourth-order valence-electron chi connectivity index (χ4n) is 1.01. The van der Waals surface area contributed by atoms with Gasteiger partial charge in [-0.1, -0.05) is 11.6 Å². The van der Waals surface area contributed by atoms with Gasteiger partial charge in [-0.05, 0) is 12.1 Å². The summed E-state index contributed by atoms with van der Waals surface area (Å²) in [6.45, 7) is 0. The average molecular weight is 169 g/mol. The molecule has 11 heavy (non-hydrogen) atoms. The Kier molecular flexibility index (Phi) is 1.26. The highest BCUT2D eigenvalue weighted by molar-refractivity contribution is 6.33. The number of fused-ring (bicyclic) bond motifs is 1. The SMILES string of the molecule is O=c1[nH]cc2c(Cl)cccn12. The van der Waals surface area contributed by atoms with Gasteiger partial charge in [-0.15, -0.1) is 0 Å². The van der Waals surface area contributed by atoms with Crippen LogP contribution in [0.5, 0.6) is 0 Å². The largest absolute Gasteiger partial charge is 0.330 e. The maximum Gasteiger partial charge on any atom is 0.330 e. The molecule has 4 heteroatoms. The second-order valence-electron chi connectivity index (χ2n) is 2.21. The highest BCUT2D eigenvalue weighted by Crippen LogP contribution is 2.13. The van der Waals surface area contributed by atoms with Gasteiger partial charge >= 0.3 is 5.69 Å². The molecule has 0 aliphatic carbocycles. The van der Waals surface area contributed by atoms with E-state index in [0.29, 0.717) is 10.5 Å². The quantitative estimate of drug-likeness (QED) is 0.632. The Hall–Kier alpha value is -1.22. The van der Waals surface area contributed by atoms with Gasteiger partial charge in [-0.3, -0.25) is 4.40 Å². The fourth-order valence-corrected chi connectivity index (χ4v) is 1.23. The molecule has 2 heterocycles. The van der Waals surface area contributed by atoms with Crippen LogP contribution in [-0.2, 0) is 0 Å². The van der Waals surface area contributed by atoms with Crippen molar-refractivity contribution in [3.8, 4) is 0 Å². The summed E-state index contributed by atoms with van der Waals surface area (Å²) in [5, 5.41) is 0.575. The lowest BCUT2D eigenvalue weighted by molar-refractivity contribution is 1.07. The van der Waals surface area contributed by atoms with E-state index in [-0.39, 0.29) is 5.69 Å². The first kappa shape index (κ1) is 6.49. The molecule has 0 fully saturated rings. The van der Waals surface area contributed by atoms with Crippen LogP contribution in [0, 0.1) is 0 Å². The smallest absolute Gasteiger partial charge is 0.312 e. The second kappa shape index (κ2) is 2.13. The lowest BCUT2D eigenvalue weighted by Crippen LogP contribution is -2.07. The summed E-state index contributed by atoms with van der Waals surface area (Å²) in [7, 11) is 0. The summed E-state index contributed by atoms with van der Waals surface area (Å²) in [6.07, 6.45) is 3.25. The number of rotatable bonds is 0. The fraction of sp³-hybridized carbons (Fsp3) is 0. The molecule has 0 saturated heterocycles. The summed E-state index contributed by atoms with van der Waals surface area (Å²) >= 11 is 5.79. The minimum atomic E-state index is -0.164. The lowest BCUT2D eigenvalue weighted by atomic mass is 10.4. The Morgan fingerprint density at radius 1 is 1.55 bits per heavy atom. The molecule has 0 bridgehead atoms. The molecule has 1 N–H and O–H groups in total. The number of halogens is 1. The van der Waals surface area contributed by atoms with E-state index in [0.717, 1.165) is 0 Å². The first-order valence-electron chi connectivity index (χ1n) is 3.13. The Bertz CT molecular complexity index is 443. The standard InChI is InChI=1S/C7H5ClN2O/c8-5-2-1-3-10-6(5)4-9-7(10)11/h1-4H,(H,9,11). The van der Waals surface area contributed by atoms with Crippen LogP contribution in [0.25, 0.3) is 5.52 Å². The van der Waals surface area contributed by atoms with Crippen molar-refractivity contribution in [3.63, 3.8) is 0 Å². The van der Waals surface area contributed by atoms with Crippen LogP contribution in [-0.4, -0.2) is 9.38 Å². The van der Waals surface area contributed by atoms with Gasteiger partial charge in [0.25, 0.3) is 0 Å². The van der Waals surface area contributed by atoms with Crippen molar-refractivity contribution in [1.29, 1.82) is 0 Å². The molecule has 3 nitrogen and oxygen atoms in total. The first-order valence-corrected chi connectivity index (χ1v) is 3.51. The summed E-state index contributed by atoms with van der Waals surface area (Å²) in [5.41, 5.74) is 0.543. The first-order chi connectivity index (χ1) is 5.29. The Balaban J connectivity index is 3.06. The van der Waals surface area contributed by atoms with Crippen LogP contribution in [0.15, 0.2) is 29.3 Å². The van der Waals surface area contributed by atoms with Crippen molar-refractivity contribution >= 4 is 17.1 Å². The van der Waals surface area contributed by atoms with E-state index in [1.807, 2.05) is 0 Å². The van der Waals surface area contributed by atoms with Gasteiger partial charge in [0, 0.05) is 12.4 Å². The molecular formula is C7H5ClN2O. The van der Waals surface area contributed by atoms with Gasteiger partial charge in [0.15, 0.2) is 0 Å². The average Bonchev–Trinajstić information content (AvgIpc) is 2.35. The summed E-state index contributed by atoms with van der Waals surface area (Å²) in [4.78, 5) is 13.5. The molecule has 0 unspecified atom stereocenters. The van der Waals surface area contributed by atoms with Crippen LogP contribution in [0.2, 0.25) is 5.02 Å². The predicted molar refractivity (Wildman–Crippen MR) is 43.0 cm³/mol. The number of H-pyrrole nitrogens is 1. The zero-order valence-electron chi connectivity index (χ0n) is 5.54. The molecule has 2 aromatic heterocycles. The topological polar surface area (TPSA) is 37.3 Å². The third kappa shape index (κ3) is 0.851. The number of hydrogen-bond donors (Lipinski definition) is 1. The highest BCUT2D eigenvalue weighted by Gasteiger charge is 1.99. The van der Waals surface area contributed by atoms with Gasteiger partial charge in [-0.2, -0.15) is 0 Å². The highest BCUT2D eigenvalue weighted by atomic mass is 35.5. The van der Waals surface area contributed by atoms with Crippen molar-refractivity contribution in [1.82, 2.24) is 9.38 Å². The molecule has 0 aromatic carbocycles. The number of nitrogens with one attached hydrogen (secondary N) is 1. The zero-order chi connectivity index (χ0) is 7.84. The van der Waals surface area contributed by atoms with Gasteiger partial charge in [0.2, 0.25) is 0 Å². The molecule has 0 atom stereocenters. The van der Waals surface area contributed by atoms with Crippen molar-refractivity contribution in [2.24, 2.45) is 0 Å². The molecule has 0 radical (unpaired) electrons. The van der Waals surface area contributed by atoms with Crippen LogP contribution in [0.4, 0.5) is 0 Å². The van der Waals surface area contributed by atoms with Gasteiger partial charge in [0.05, 0.1) is 10.5 Å². The van der Waals surface area contributed by atoms with Gasteiger partial charge in [0.1, 0.15) is 0 Å². The van der Waals surface area contributed by atoms with Crippen LogP contribution in [0.1, 0.15) is 0 Å². The van der Waals surface area contributed by atoms with Gasteiger partial charge < -0.3 is 4.98 Å². The summed E-state index contributed by atoms with van der Waals surface area (Å²) < 4.78 is 1.46. The Labute approximate surface area is 67.2 Å². The number of imidazole rings is 1. The third-order valence-electron chi connectivity index (χ3n) is 1.53. The van der Waals surface area contributed by atoms with E-state index in [1.165, 1.54) is 4.40 Å². The number of nitrogens with zero attached hydrogens (tertiary/aromatic N) is 1. The molecule has 2 aromatic rings. The summed E-state index contributed by atoms with van der Waals surface area (Å²) in [6, 6.07) is 3.47. The number of hydrogen-bond acceptors (Lipinski definition) is 1. The van der Waals surface area contributed by atoms with E-state index in [4.69, 9.17) is 11.6 Å². The van der Waals surface area contributed by atoms with Crippen molar-refractivity contribution in [2.45, 2.75) is 0 Å². The maximum absolute atomic E-state index is 11.0. The van der Waals surface area contributed by atoms with Crippen molar-refractivity contribution in [3.05, 3.63) is 40.0 Å². The maximum atomic E-state index is 11.0. The second-order valence-corrected chi connectivity index (χ2v) is 2.61. The number of aromatic nitrogens is 2. The summed E-state index contributed by atoms with van der Waals surface area (Å²) in [5.74, 6) is 0. The minimum Gasteiger partial charge on any atom is -0.312 e. The Morgan fingerprint density at radius 2 is 2.36 bits per heavy atom. The van der Waals surface area contributed by atoms with E-state index in [2.05, 4.69) is 4.98 Å². The lowest BCUT2D eigenvalue weighted by Gasteiger charge is -1.91. The zero-order valence-corrected chi connectivity index (χ0v) is 6.30. The molecule has 0 amide bonds. The predicted octanol–water partition coefficient (Wildman–Crippen LogP) is 1.28. The Morgan fingerprint density at radius 3 is 3.09 bits per heavy atom. The van der Waals surface area contributed by atoms with E-state index < -0.39 is 0 Å². The van der Waals surface area contributed by atoms with E-state index in [9.17, 15) is 4.79 Å². The number of pyridine rings is 1. The van der Waals surface area contributed by atoms with Crippen LogP contribution < -0.4 is 5.69 Å². The molecule has 56 valence electrons. The molecule has 2 rings (SSSR count). The monoisotopic (exact) mass is 168 g/mol. The molecular weight excluding hydrogens is 164 g/mol. The van der Waals surface area contributed by atoms with Crippen LogP contribution in [0.3, 0.4) is 0 Å². The van der Waals surface area contributed by atoms with Crippen molar-refractivity contribution < 1.29 is 0 Å². The third-order valence-corrected chi connectivity index (χ3v) is 1.85. The van der Waals surface area contributed by atoms with E-state index >= 15 is 0 Å². The molecule has 0 saturated carbocycles. The van der Waals surface area contributed by atoms with Gasteiger partial charge in [-0.25, -0.2) is 4.79 Å². The minimum absolute atomic E-state index is 0.164. The number of aromatic amines is 1. The van der Waals surface area contributed by atoms with Crippen LogP contribution >= 0.6 is 11.6 Å². The molecule has 0 aliphatic heterocycles.